The first-order valence-electron chi connectivity index (χ1n) is 6.83. The van der Waals surface area contributed by atoms with Crippen LogP contribution in [0.4, 0.5) is 5.69 Å². The normalized spacial score (nSPS) is 17.8. The zero-order valence-corrected chi connectivity index (χ0v) is 12.2. The van der Waals surface area contributed by atoms with Crippen LogP contribution in [0.25, 0.3) is 0 Å². The fourth-order valence-corrected chi connectivity index (χ4v) is 2.69. The third-order valence-electron chi connectivity index (χ3n) is 3.69. The molecule has 1 aromatic rings. The van der Waals surface area contributed by atoms with Crippen molar-refractivity contribution in [2.24, 2.45) is 5.92 Å². The summed E-state index contributed by atoms with van der Waals surface area (Å²) >= 11 is 0. The number of hydrogen-bond donors (Lipinski definition) is 1. The molecule has 7 nitrogen and oxygen atoms in total. The topological polar surface area (TPSA) is 84.7 Å². The van der Waals surface area contributed by atoms with Crippen LogP contribution >= 0.6 is 0 Å². The Balaban J connectivity index is 2.24. The van der Waals surface area contributed by atoms with E-state index in [1.54, 1.807) is 11.0 Å². The van der Waals surface area contributed by atoms with Crippen molar-refractivity contribution >= 4 is 11.6 Å². The Morgan fingerprint density at radius 3 is 2.95 bits per heavy atom. The van der Waals surface area contributed by atoms with Gasteiger partial charge in [0.1, 0.15) is 0 Å². The predicted molar refractivity (Wildman–Crippen MR) is 77.6 cm³/mol. The summed E-state index contributed by atoms with van der Waals surface area (Å²) < 4.78 is 5.09. The van der Waals surface area contributed by atoms with Crippen molar-refractivity contribution in [3.05, 3.63) is 33.9 Å². The average molecular weight is 293 g/mol. The van der Waals surface area contributed by atoms with Crippen molar-refractivity contribution in [1.29, 1.82) is 0 Å². The second-order valence-corrected chi connectivity index (χ2v) is 5.08. The van der Waals surface area contributed by atoms with Crippen molar-refractivity contribution in [2.75, 3.05) is 33.8 Å². The van der Waals surface area contributed by atoms with E-state index in [2.05, 4.69) is 5.32 Å². The summed E-state index contributed by atoms with van der Waals surface area (Å²) in [5.74, 6) is 0.238. The van der Waals surface area contributed by atoms with Gasteiger partial charge >= 0.3 is 5.69 Å². The van der Waals surface area contributed by atoms with Gasteiger partial charge in [-0.3, -0.25) is 14.9 Å². The van der Waals surface area contributed by atoms with Crippen LogP contribution in [-0.4, -0.2) is 49.5 Å². The van der Waals surface area contributed by atoms with E-state index in [0.717, 1.165) is 13.0 Å². The number of hydrogen-bond acceptors (Lipinski definition) is 5. The van der Waals surface area contributed by atoms with Gasteiger partial charge in [0.15, 0.2) is 0 Å². The van der Waals surface area contributed by atoms with Gasteiger partial charge in [0, 0.05) is 19.2 Å². The highest BCUT2D eigenvalue weighted by atomic mass is 16.6. The van der Waals surface area contributed by atoms with E-state index < -0.39 is 4.92 Å². The molecule has 1 aliphatic rings. The number of ether oxygens (including phenoxy) is 1. The summed E-state index contributed by atoms with van der Waals surface area (Å²) in [6, 6.07) is 4.41. The highest BCUT2D eigenvalue weighted by Gasteiger charge is 2.30. The Labute approximate surface area is 123 Å². The number of nitro groups is 1. The van der Waals surface area contributed by atoms with Crippen LogP contribution in [0.1, 0.15) is 16.8 Å². The molecule has 7 heteroatoms. The van der Waals surface area contributed by atoms with Crippen molar-refractivity contribution < 1.29 is 14.5 Å². The molecule has 0 saturated carbocycles. The van der Waals surface area contributed by atoms with E-state index >= 15 is 0 Å². The number of nitrogens with one attached hydrogen (secondary N) is 1. The zero-order valence-electron chi connectivity index (χ0n) is 12.2. The van der Waals surface area contributed by atoms with Gasteiger partial charge in [-0.05, 0) is 32.0 Å². The van der Waals surface area contributed by atoms with Gasteiger partial charge in [-0.15, -0.1) is 0 Å². The summed E-state index contributed by atoms with van der Waals surface area (Å²) in [4.78, 5) is 24.7. The molecule has 1 fully saturated rings. The van der Waals surface area contributed by atoms with E-state index in [0.29, 0.717) is 19.0 Å². The number of rotatable bonds is 5. The summed E-state index contributed by atoms with van der Waals surface area (Å²) in [6.07, 6.45) is 0.934. The number of para-hydroxylation sites is 1. The molecular weight excluding hydrogens is 274 g/mol. The number of nitrogens with zero attached hydrogens (tertiary/aromatic N) is 2. The van der Waals surface area contributed by atoms with Gasteiger partial charge < -0.3 is 15.0 Å². The molecule has 0 spiro atoms. The van der Waals surface area contributed by atoms with Crippen LogP contribution < -0.4 is 10.1 Å². The molecular formula is C14H19N3O4. The van der Waals surface area contributed by atoms with E-state index in [1.807, 2.05) is 7.05 Å². The predicted octanol–water partition coefficient (Wildman–Crippen LogP) is 1.28. The van der Waals surface area contributed by atoms with Crippen LogP contribution in [0.15, 0.2) is 18.2 Å². The number of benzene rings is 1. The van der Waals surface area contributed by atoms with Gasteiger partial charge in [-0.1, -0.05) is 6.07 Å². The van der Waals surface area contributed by atoms with Crippen LogP contribution in [-0.2, 0) is 0 Å². The SMILES string of the molecule is CNCC1CCN(C(=O)c2cccc([N+](=O)[O-])c2OC)C1. The van der Waals surface area contributed by atoms with Gasteiger partial charge in [-0.25, -0.2) is 0 Å². The summed E-state index contributed by atoms with van der Waals surface area (Å²) in [5.41, 5.74) is 0.0612. The standard InChI is InChI=1S/C14H19N3O4/c1-15-8-10-6-7-16(9-10)14(18)11-4-3-5-12(17(19)20)13(11)21-2/h3-5,10,15H,6-9H2,1-2H3. The van der Waals surface area contributed by atoms with E-state index in [-0.39, 0.29) is 22.9 Å². The molecule has 1 amide bonds. The Morgan fingerprint density at radius 2 is 2.33 bits per heavy atom. The van der Waals surface area contributed by atoms with Crippen molar-refractivity contribution in [3.8, 4) is 5.75 Å². The van der Waals surface area contributed by atoms with Crippen LogP contribution in [0.5, 0.6) is 5.75 Å². The molecule has 1 N–H and O–H groups in total. The highest BCUT2D eigenvalue weighted by molar-refractivity contribution is 5.98. The molecule has 0 aliphatic carbocycles. The second kappa shape index (κ2) is 6.53. The third kappa shape index (κ3) is 3.13. The van der Waals surface area contributed by atoms with Gasteiger partial charge in [0.25, 0.3) is 5.91 Å². The van der Waals surface area contributed by atoms with Crippen LogP contribution in [0.3, 0.4) is 0 Å². The molecule has 0 radical (unpaired) electrons. The number of amides is 1. The molecule has 1 unspecified atom stereocenters. The van der Waals surface area contributed by atoms with E-state index in [4.69, 9.17) is 4.74 Å². The lowest BCUT2D eigenvalue weighted by molar-refractivity contribution is -0.385. The summed E-state index contributed by atoms with van der Waals surface area (Å²) in [5, 5.41) is 14.1. The first kappa shape index (κ1) is 15.2. The number of methoxy groups -OCH3 is 1. The molecule has 0 bridgehead atoms. The van der Waals surface area contributed by atoms with Crippen LogP contribution in [0.2, 0.25) is 0 Å². The second-order valence-electron chi connectivity index (χ2n) is 5.08. The quantitative estimate of drug-likeness (QED) is 0.653. The van der Waals surface area contributed by atoms with Crippen LogP contribution in [0, 0.1) is 16.0 Å². The molecule has 114 valence electrons. The van der Waals surface area contributed by atoms with Crippen molar-refractivity contribution in [2.45, 2.75) is 6.42 Å². The largest absolute Gasteiger partial charge is 0.490 e. The Kier molecular flexibility index (Phi) is 4.74. The maximum atomic E-state index is 12.6. The molecule has 21 heavy (non-hydrogen) atoms. The third-order valence-corrected chi connectivity index (χ3v) is 3.69. The molecule has 1 atom stereocenters. The van der Waals surface area contributed by atoms with Gasteiger partial charge in [0.05, 0.1) is 17.6 Å². The smallest absolute Gasteiger partial charge is 0.311 e. The first-order chi connectivity index (χ1) is 10.1. The Morgan fingerprint density at radius 1 is 1.57 bits per heavy atom. The number of carbonyl (C=O) groups is 1. The molecule has 1 heterocycles. The number of nitro benzene ring substituents is 1. The Bertz CT molecular complexity index is 547. The Hall–Kier alpha value is -2.15. The fourth-order valence-electron chi connectivity index (χ4n) is 2.69. The average Bonchev–Trinajstić information content (AvgIpc) is 2.94. The lowest BCUT2D eigenvalue weighted by Gasteiger charge is -2.18. The lowest BCUT2D eigenvalue weighted by atomic mass is 10.1. The first-order valence-corrected chi connectivity index (χ1v) is 6.83. The number of likely N-dealkylation sites (tertiary alicyclic amines) is 1. The molecule has 2 rings (SSSR count). The monoisotopic (exact) mass is 293 g/mol. The van der Waals surface area contributed by atoms with E-state index in [1.165, 1.54) is 19.2 Å². The molecule has 1 aromatic carbocycles. The van der Waals surface area contributed by atoms with Crippen molar-refractivity contribution in [1.82, 2.24) is 10.2 Å². The molecule has 1 saturated heterocycles. The van der Waals surface area contributed by atoms with Gasteiger partial charge in [-0.2, -0.15) is 0 Å². The zero-order chi connectivity index (χ0) is 15.4. The molecule has 1 aliphatic heterocycles. The highest BCUT2D eigenvalue weighted by Crippen LogP contribution is 2.32. The lowest BCUT2D eigenvalue weighted by Crippen LogP contribution is -2.30. The minimum Gasteiger partial charge on any atom is -0.490 e. The maximum absolute atomic E-state index is 12.6. The summed E-state index contributed by atoms with van der Waals surface area (Å²) in [7, 11) is 3.22. The van der Waals surface area contributed by atoms with E-state index in [9.17, 15) is 14.9 Å². The molecule has 0 aromatic heterocycles. The fraction of sp³-hybridized carbons (Fsp3) is 0.500. The minimum atomic E-state index is -0.538. The van der Waals surface area contributed by atoms with Crippen molar-refractivity contribution in [3.63, 3.8) is 0 Å². The number of carbonyl (C=O) groups excluding carboxylic acids is 1. The van der Waals surface area contributed by atoms with Gasteiger partial charge in [0.2, 0.25) is 5.75 Å². The minimum absolute atomic E-state index is 0.0320. The summed E-state index contributed by atoms with van der Waals surface area (Å²) in [6.45, 7) is 2.18. The maximum Gasteiger partial charge on any atom is 0.311 e.